The molecule has 0 atom stereocenters. The van der Waals surface area contributed by atoms with Crippen molar-refractivity contribution in [3.05, 3.63) is 117 Å². The minimum atomic E-state index is -0.982. The molecule has 0 saturated carbocycles. The number of benzene rings is 4. The molecule has 1 nitrogen and oxygen atoms in total. The Morgan fingerprint density at radius 1 is 0.724 bits per heavy atom. The van der Waals surface area contributed by atoms with Gasteiger partial charge in [-0.05, 0) is 64.4 Å². The Morgan fingerprint density at radius 2 is 1.28 bits per heavy atom. The van der Waals surface area contributed by atoms with Gasteiger partial charge in [0.05, 0.1) is 0 Å². The van der Waals surface area contributed by atoms with Crippen molar-refractivity contribution < 1.29 is 13.5 Å². The van der Waals surface area contributed by atoms with Gasteiger partial charge in [-0.1, -0.05) is 54.6 Å². The highest BCUT2D eigenvalue weighted by molar-refractivity contribution is 14.1. The molecule has 4 heteroatoms. The zero-order valence-electron chi connectivity index (χ0n) is 15.2. The molecule has 0 bridgehead atoms. The summed E-state index contributed by atoms with van der Waals surface area (Å²) in [5.74, 6) is 0.128. The van der Waals surface area contributed by atoms with Crippen molar-refractivity contribution >= 4 is 39.4 Å². The van der Waals surface area contributed by atoms with Crippen molar-refractivity contribution in [1.29, 1.82) is 0 Å². The van der Waals surface area contributed by atoms with Crippen LogP contribution in [0.4, 0.5) is 8.78 Å². The summed E-state index contributed by atoms with van der Waals surface area (Å²) in [4.78, 5) is 0. The normalized spacial score (nSPS) is 14.4. The van der Waals surface area contributed by atoms with Crippen LogP contribution in [0.5, 0.6) is 5.75 Å². The third-order valence-corrected chi connectivity index (χ3v) is 6.17. The molecular formula is C25H15F2IO. The monoisotopic (exact) mass is 496 g/mol. The Hall–Kier alpha value is -2.73. The minimum Gasteiger partial charge on any atom is -0.472 e. The van der Waals surface area contributed by atoms with E-state index in [1.54, 1.807) is 24.3 Å². The van der Waals surface area contributed by atoms with Gasteiger partial charge in [0.25, 0.3) is 0 Å². The quantitative estimate of drug-likeness (QED) is 0.270. The number of hydrogen-bond acceptors (Lipinski definition) is 1. The average molecular weight is 496 g/mol. The van der Waals surface area contributed by atoms with Crippen molar-refractivity contribution in [3.8, 4) is 5.75 Å². The molecule has 0 saturated heterocycles. The van der Waals surface area contributed by atoms with Crippen LogP contribution in [-0.2, 0) is 5.60 Å². The van der Waals surface area contributed by atoms with Gasteiger partial charge in [0.15, 0.2) is 5.60 Å². The molecule has 4 aromatic rings. The first-order chi connectivity index (χ1) is 14.1. The molecule has 5 rings (SSSR count). The summed E-state index contributed by atoms with van der Waals surface area (Å²) in [6, 6.07) is 22.7. The molecule has 0 aliphatic carbocycles. The van der Waals surface area contributed by atoms with Gasteiger partial charge in [-0.3, -0.25) is 0 Å². The highest BCUT2D eigenvalue weighted by Gasteiger charge is 2.37. The molecule has 1 heterocycles. The van der Waals surface area contributed by atoms with Gasteiger partial charge in [-0.2, -0.15) is 0 Å². The van der Waals surface area contributed by atoms with E-state index in [1.807, 2.05) is 30.4 Å². The maximum Gasteiger partial charge on any atom is 0.178 e. The maximum absolute atomic E-state index is 13.6. The maximum atomic E-state index is 13.6. The van der Waals surface area contributed by atoms with Gasteiger partial charge in [0.2, 0.25) is 0 Å². The van der Waals surface area contributed by atoms with Crippen molar-refractivity contribution in [2.24, 2.45) is 0 Å². The fourth-order valence-corrected chi connectivity index (χ4v) is 4.64. The smallest absolute Gasteiger partial charge is 0.178 e. The lowest BCUT2D eigenvalue weighted by atomic mass is 9.83. The predicted octanol–water partition coefficient (Wildman–Crippen LogP) is 7.07. The van der Waals surface area contributed by atoms with Crippen LogP contribution < -0.4 is 4.74 Å². The molecule has 0 amide bonds. The molecule has 142 valence electrons. The van der Waals surface area contributed by atoms with E-state index in [-0.39, 0.29) is 11.6 Å². The van der Waals surface area contributed by atoms with E-state index in [1.165, 1.54) is 24.3 Å². The number of rotatable bonds is 2. The lowest BCUT2D eigenvalue weighted by molar-refractivity contribution is 0.163. The Balaban J connectivity index is 1.78. The number of ether oxygens (including phenoxy) is 1. The third kappa shape index (κ3) is 3.02. The van der Waals surface area contributed by atoms with Crippen LogP contribution in [0.2, 0.25) is 0 Å². The number of halogens is 3. The Bertz CT molecular complexity index is 1200. The summed E-state index contributed by atoms with van der Waals surface area (Å²) < 4.78 is 35.1. The molecule has 0 unspecified atom stereocenters. The molecule has 0 radical (unpaired) electrons. The van der Waals surface area contributed by atoms with E-state index in [9.17, 15) is 8.78 Å². The first-order valence-electron chi connectivity index (χ1n) is 9.18. The largest absolute Gasteiger partial charge is 0.472 e. The van der Waals surface area contributed by atoms with Gasteiger partial charge in [0.1, 0.15) is 17.4 Å². The summed E-state index contributed by atoms with van der Waals surface area (Å²) in [6.45, 7) is 0. The molecule has 4 aromatic carbocycles. The Kier molecular flexibility index (Phi) is 4.39. The summed E-state index contributed by atoms with van der Waals surface area (Å²) >= 11 is 2.33. The van der Waals surface area contributed by atoms with Crippen LogP contribution in [0, 0.1) is 15.2 Å². The SMILES string of the molecule is Fc1ccc(C2(c3ccc(F)cc3)C=Cc3cc(I)c4ccccc4c3O2)cc1. The lowest BCUT2D eigenvalue weighted by Gasteiger charge is -2.36. The van der Waals surface area contributed by atoms with E-state index in [2.05, 4.69) is 34.7 Å². The van der Waals surface area contributed by atoms with E-state index in [0.717, 1.165) is 36.8 Å². The standard InChI is InChI=1S/C25H15F2IO/c26-19-9-5-17(6-10-19)25(18-7-11-20(27)12-8-18)14-13-16-15-23(28)21-3-1-2-4-22(21)24(16)29-25/h1-15H. The average Bonchev–Trinajstić information content (AvgIpc) is 2.75. The van der Waals surface area contributed by atoms with Crippen LogP contribution >= 0.6 is 22.6 Å². The van der Waals surface area contributed by atoms with Crippen molar-refractivity contribution in [3.63, 3.8) is 0 Å². The van der Waals surface area contributed by atoms with E-state index >= 15 is 0 Å². The predicted molar refractivity (Wildman–Crippen MR) is 120 cm³/mol. The molecular weight excluding hydrogens is 481 g/mol. The summed E-state index contributed by atoms with van der Waals surface area (Å²) in [6.07, 6.45) is 3.99. The highest BCUT2D eigenvalue weighted by atomic mass is 127. The molecule has 0 N–H and O–H groups in total. The van der Waals surface area contributed by atoms with Gasteiger partial charge in [0, 0.05) is 25.6 Å². The Labute approximate surface area is 180 Å². The fourth-order valence-electron chi connectivity index (χ4n) is 3.84. The minimum absolute atomic E-state index is 0.316. The summed E-state index contributed by atoms with van der Waals surface area (Å²) in [7, 11) is 0. The number of fused-ring (bicyclic) bond motifs is 3. The molecule has 0 spiro atoms. The molecule has 0 aromatic heterocycles. The third-order valence-electron chi connectivity index (χ3n) is 5.28. The molecule has 29 heavy (non-hydrogen) atoms. The van der Waals surface area contributed by atoms with Crippen LogP contribution in [0.25, 0.3) is 16.8 Å². The van der Waals surface area contributed by atoms with Crippen LogP contribution in [0.15, 0.2) is 84.9 Å². The second kappa shape index (κ2) is 6.95. The van der Waals surface area contributed by atoms with Crippen LogP contribution in [-0.4, -0.2) is 0 Å². The highest BCUT2D eigenvalue weighted by Crippen LogP contribution is 2.45. The Morgan fingerprint density at radius 3 is 1.86 bits per heavy atom. The van der Waals surface area contributed by atoms with Gasteiger partial charge in [-0.25, -0.2) is 8.78 Å². The zero-order chi connectivity index (χ0) is 20.0. The summed E-state index contributed by atoms with van der Waals surface area (Å²) in [5.41, 5.74) is 1.54. The van der Waals surface area contributed by atoms with E-state index in [4.69, 9.17) is 4.74 Å². The molecule has 1 aliphatic rings. The molecule has 0 fully saturated rings. The first kappa shape index (κ1) is 18.3. The number of hydrogen-bond donors (Lipinski definition) is 0. The van der Waals surface area contributed by atoms with Gasteiger partial charge < -0.3 is 4.74 Å². The van der Waals surface area contributed by atoms with Crippen molar-refractivity contribution in [2.75, 3.05) is 0 Å². The lowest BCUT2D eigenvalue weighted by Crippen LogP contribution is -2.34. The summed E-state index contributed by atoms with van der Waals surface area (Å²) in [5, 5.41) is 2.11. The second-order valence-corrected chi connectivity index (χ2v) is 8.17. The van der Waals surface area contributed by atoms with Crippen LogP contribution in [0.3, 0.4) is 0 Å². The van der Waals surface area contributed by atoms with E-state index in [0.29, 0.717) is 0 Å². The van der Waals surface area contributed by atoms with Crippen molar-refractivity contribution in [1.82, 2.24) is 0 Å². The first-order valence-corrected chi connectivity index (χ1v) is 10.3. The zero-order valence-corrected chi connectivity index (χ0v) is 17.4. The van der Waals surface area contributed by atoms with Gasteiger partial charge >= 0.3 is 0 Å². The van der Waals surface area contributed by atoms with Crippen molar-refractivity contribution in [2.45, 2.75) is 5.60 Å². The van der Waals surface area contributed by atoms with Gasteiger partial charge in [-0.15, -0.1) is 0 Å². The molecule has 1 aliphatic heterocycles. The van der Waals surface area contributed by atoms with E-state index < -0.39 is 5.60 Å². The van der Waals surface area contributed by atoms with Crippen LogP contribution in [0.1, 0.15) is 16.7 Å². The fraction of sp³-hybridized carbons (Fsp3) is 0.0400. The topological polar surface area (TPSA) is 9.23 Å². The second-order valence-electron chi connectivity index (χ2n) is 7.01.